The summed E-state index contributed by atoms with van der Waals surface area (Å²) < 4.78 is 5.10. The first-order valence-corrected chi connectivity index (χ1v) is 5.79. The summed E-state index contributed by atoms with van der Waals surface area (Å²) in [4.78, 5) is 23.0. The Balaban J connectivity index is 3.38. The minimum absolute atomic E-state index is 0.273. The predicted molar refractivity (Wildman–Crippen MR) is 67.4 cm³/mol. The highest BCUT2D eigenvalue weighted by atomic mass is 16.6. The summed E-state index contributed by atoms with van der Waals surface area (Å²) in [5.74, 6) is -0.994. The van der Waals surface area contributed by atoms with Gasteiger partial charge in [0.15, 0.2) is 0 Å². The molecule has 0 radical (unpaired) electrons. The number of hydrogen-bond donors (Lipinski definition) is 2. The zero-order valence-corrected chi connectivity index (χ0v) is 10.6. The van der Waals surface area contributed by atoms with Crippen LogP contribution in [0.3, 0.4) is 0 Å². The molecule has 98 valence electrons. The van der Waals surface area contributed by atoms with Crippen molar-refractivity contribution in [2.24, 2.45) is 17.4 Å². The van der Waals surface area contributed by atoms with Gasteiger partial charge in [0.1, 0.15) is 0 Å². The zero-order chi connectivity index (χ0) is 13.8. The highest BCUT2D eigenvalue weighted by Gasteiger charge is 2.46. The molecule has 5 nitrogen and oxygen atoms in total. The van der Waals surface area contributed by atoms with Crippen molar-refractivity contribution in [2.75, 3.05) is 0 Å². The number of hydrogen-bond acceptors (Lipinski definition) is 3. The van der Waals surface area contributed by atoms with Crippen molar-refractivity contribution < 1.29 is 14.3 Å². The maximum atomic E-state index is 11.8. The van der Waals surface area contributed by atoms with Gasteiger partial charge in [-0.1, -0.05) is 44.2 Å². The van der Waals surface area contributed by atoms with Gasteiger partial charge < -0.3 is 16.2 Å². The lowest BCUT2D eigenvalue weighted by molar-refractivity contribution is -0.143. The number of benzene rings is 1. The monoisotopic (exact) mass is 250 g/mol. The van der Waals surface area contributed by atoms with Gasteiger partial charge in [-0.3, -0.25) is 4.79 Å². The Labute approximate surface area is 106 Å². The molecule has 1 aromatic rings. The Morgan fingerprint density at radius 3 is 2.22 bits per heavy atom. The van der Waals surface area contributed by atoms with Crippen LogP contribution in [-0.4, -0.2) is 12.0 Å². The third kappa shape index (κ3) is 2.45. The van der Waals surface area contributed by atoms with Gasteiger partial charge in [0, 0.05) is 11.5 Å². The van der Waals surface area contributed by atoms with Crippen molar-refractivity contribution in [3.63, 3.8) is 0 Å². The summed E-state index contributed by atoms with van der Waals surface area (Å²) in [6.45, 7) is 3.68. The number of carbonyl (C=O) groups is 2. The van der Waals surface area contributed by atoms with Crippen molar-refractivity contribution in [1.29, 1.82) is 0 Å². The maximum Gasteiger partial charge on any atom is 0.405 e. The molecule has 0 aliphatic heterocycles. The molecule has 0 saturated carbocycles. The smallest absolute Gasteiger partial charge is 0.405 e. The molecule has 0 heterocycles. The normalized spacial score (nSPS) is 15.4. The van der Waals surface area contributed by atoms with Crippen LogP contribution in [0.15, 0.2) is 30.3 Å². The second-order valence-electron chi connectivity index (χ2n) is 4.20. The Morgan fingerprint density at radius 2 is 1.83 bits per heavy atom. The molecule has 0 aromatic heterocycles. The molecule has 0 aliphatic carbocycles. The fraction of sp³-hybridized carbons (Fsp3) is 0.385. The van der Waals surface area contributed by atoms with Crippen LogP contribution in [0.2, 0.25) is 0 Å². The fourth-order valence-corrected chi connectivity index (χ4v) is 2.01. The molecule has 1 aromatic carbocycles. The van der Waals surface area contributed by atoms with Gasteiger partial charge in [0.2, 0.25) is 5.60 Å². The number of rotatable bonds is 5. The standard InChI is InChI=1S/C13H18N2O3/c1-3-9(2)13(11(14)16,18-12(15)17)10-7-5-4-6-8-10/h4-9H,3H2,1-2H3,(H2,14,16)(H2,15,17). The van der Waals surface area contributed by atoms with Crippen molar-refractivity contribution >= 4 is 12.0 Å². The van der Waals surface area contributed by atoms with Crippen LogP contribution in [-0.2, 0) is 15.1 Å². The van der Waals surface area contributed by atoms with Gasteiger partial charge in [0.05, 0.1) is 0 Å². The van der Waals surface area contributed by atoms with E-state index >= 15 is 0 Å². The van der Waals surface area contributed by atoms with Gasteiger partial charge in [-0.25, -0.2) is 4.79 Å². The number of amides is 2. The minimum atomic E-state index is -1.51. The van der Waals surface area contributed by atoms with Crippen LogP contribution in [0, 0.1) is 5.92 Å². The summed E-state index contributed by atoms with van der Waals surface area (Å²) in [5.41, 5.74) is 9.55. The van der Waals surface area contributed by atoms with Crippen LogP contribution in [0.25, 0.3) is 0 Å². The fourth-order valence-electron chi connectivity index (χ4n) is 2.01. The van der Waals surface area contributed by atoms with Gasteiger partial charge in [-0.2, -0.15) is 0 Å². The Kier molecular flexibility index (Phi) is 4.31. The molecule has 2 atom stereocenters. The number of nitrogens with two attached hydrogens (primary N) is 2. The predicted octanol–water partition coefficient (Wildman–Crippen LogP) is 1.51. The topological polar surface area (TPSA) is 95.4 Å². The lowest BCUT2D eigenvalue weighted by Gasteiger charge is -2.35. The second kappa shape index (κ2) is 5.53. The van der Waals surface area contributed by atoms with Gasteiger partial charge >= 0.3 is 6.09 Å². The average molecular weight is 250 g/mol. The lowest BCUT2D eigenvalue weighted by Crippen LogP contribution is -2.50. The molecule has 18 heavy (non-hydrogen) atoms. The molecule has 2 unspecified atom stereocenters. The first-order valence-electron chi connectivity index (χ1n) is 5.79. The van der Waals surface area contributed by atoms with Crippen molar-refractivity contribution in [3.8, 4) is 0 Å². The number of carbonyl (C=O) groups excluding carboxylic acids is 2. The molecule has 4 N–H and O–H groups in total. The van der Waals surface area contributed by atoms with Crippen molar-refractivity contribution in [3.05, 3.63) is 35.9 Å². The first kappa shape index (κ1) is 14.0. The molecule has 0 spiro atoms. The van der Waals surface area contributed by atoms with E-state index in [0.29, 0.717) is 12.0 Å². The Hall–Kier alpha value is -2.04. The third-order valence-corrected chi connectivity index (χ3v) is 3.14. The lowest BCUT2D eigenvalue weighted by atomic mass is 9.80. The highest BCUT2D eigenvalue weighted by Crippen LogP contribution is 2.35. The number of ether oxygens (including phenoxy) is 1. The van der Waals surface area contributed by atoms with Crippen molar-refractivity contribution in [1.82, 2.24) is 0 Å². The molecule has 1 rings (SSSR count). The van der Waals surface area contributed by atoms with E-state index in [-0.39, 0.29) is 5.92 Å². The second-order valence-corrected chi connectivity index (χ2v) is 4.20. The van der Waals surface area contributed by atoms with E-state index in [9.17, 15) is 9.59 Å². The molecule has 5 heteroatoms. The summed E-state index contributed by atoms with van der Waals surface area (Å²) in [5, 5.41) is 0. The highest BCUT2D eigenvalue weighted by molar-refractivity contribution is 5.87. The van der Waals surface area contributed by atoms with E-state index in [0.717, 1.165) is 0 Å². The van der Waals surface area contributed by atoms with E-state index in [1.807, 2.05) is 6.92 Å². The van der Waals surface area contributed by atoms with Crippen LogP contribution < -0.4 is 11.5 Å². The first-order chi connectivity index (χ1) is 8.45. The van der Waals surface area contributed by atoms with E-state index in [2.05, 4.69) is 0 Å². The van der Waals surface area contributed by atoms with E-state index < -0.39 is 17.6 Å². The summed E-state index contributed by atoms with van der Waals surface area (Å²) in [6, 6.07) is 8.69. The summed E-state index contributed by atoms with van der Waals surface area (Å²) >= 11 is 0. The number of primary amides is 2. The molecular weight excluding hydrogens is 232 g/mol. The zero-order valence-electron chi connectivity index (χ0n) is 10.6. The maximum absolute atomic E-state index is 11.8. The molecule has 2 amide bonds. The average Bonchev–Trinajstić information content (AvgIpc) is 2.35. The van der Waals surface area contributed by atoms with Crippen molar-refractivity contribution in [2.45, 2.75) is 25.9 Å². The quantitative estimate of drug-likeness (QED) is 0.829. The van der Waals surface area contributed by atoms with Crippen LogP contribution >= 0.6 is 0 Å². The Bertz CT molecular complexity index is 433. The molecule has 0 saturated heterocycles. The van der Waals surface area contributed by atoms with E-state index in [1.54, 1.807) is 37.3 Å². The van der Waals surface area contributed by atoms with Crippen LogP contribution in [0.4, 0.5) is 4.79 Å². The van der Waals surface area contributed by atoms with Gasteiger partial charge in [0.25, 0.3) is 5.91 Å². The molecule has 0 fully saturated rings. The molecule has 0 aliphatic rings. The SMILES string of the molecule is CCC(C)C(OC(N)=O)(C(N)=O)c1ccccc1. The Morgan fingerprint density at radius 1 is 1.28 bits per heavy atom. The largest absolute Gasteiger partial charge is 0.428 e. The third-order valence-electron chi connectivity index (χ3n) is 3.14. The van der Waals surface area contributed by atoms with Crippen LogP contribution in [0.1, 0.15) is 25.8 Å². The van der Waals surface area contributed by atoms with Gasteiger partial charge in [-0.05, 0) is 6.42 Å². The summed E-state index contributed by atoms with van der Waals surface area (Å²) in [7, 11) is 0. The van der Waals surface area contributed by atoms with E-state index in [4.69, 9.17) is 16.2 Å². The molecule has 0 bridgehead atoms. The minimum Gasteiger partial charge on any atom is -0.428 e. The van der Waals surface area contributed by atoms with Gasteiger partial charge in [-0.15, -0.1) is 0 Å². The van der Waals surface area contributed by atoms with E-state index in [1.165, 1.54) is 0 Å². The summed E-state index contributed by atoms with van der Waals surface area (Å²) in [6.07, 6.45) is -0.400. The molecular formula is C13H18N2O3. The van der Waals surface area contributed by atoms with Crippen LogP contribution in [0.5, 0.6) is 0 Å².